The van der Waals surface area contributed by atoms with E-state index in [0.29, 0.717) is 5.92 Å². The van der Waals surface area contributed by atoms with Crippen molar-refractivity contribution in [1.29, 1.82) is 0 Å². The molecule has 1 N–H and O–H groups in total. The summed E-state index contributed by atoms with van der Waals surface area (Å²) >= 11 is 1.56. The quantitative estimate of drug-likeness (QED) is 0.411. The Morgan fingerprint density at radius 1 is 1.06 bits per heavy atom. The smallest absolute Gasteiger partial charge is 0.248 e. The Balaban J connectivity index is 1.73. The summed E-state index contributed by atoms with van der Waals surface area (Å²) in [5.41, 5.74) is 2.72. The third-order valence-corrected chi connectivity index (χ3v) is 7.63. The highest BCUT2D eigenvalue weighted by atomic mass is 32.1. The van der Waals surface area contributed by atoms with E-state index in [-0.39, 0.29) is 24.3 Å². The van der Waals surface area contributed by atoms with E-state index in [1.807, 2.05) is 41.8 Å². The molecule has 0 radical (unpaired) electrons. The number of carbonyl (C=O) groups is 2. The number of thiophene rings is 1. The van der Waals surface area contributed by atoms with Gasteiger partial charge in [-0.15, -0.1) is 11.3 Å². The standard InChI is InChI=1S/C28H33N3O2S/c1-3-20(2)21-10-12-24(13-11-21)31(26(32)19-25-9-6-18-34-25)27(22-14-16-29-17-15-22)28(33)30-23-7-4-5-8-23/h6,9-18,20,23,27H,3-5,7-8,19H2,1-2H3,(H,30,33)/t20-,27+/m1/s1. The van der Waals surface area contributed by atoms with Gasteiger partial charge in [-0.1, -0.05) is 44.9 Å². The van der Waals surface area contributed by atoms with Crippen molar-refractivity contribution in [2.45, 2.75) is 70.4 Å². The molecule has 0 saturated heterocycles. The predicted molar refractivity (Wildman–Crippen MR) is 138 cm³/mol. The van der Waals surface area contributed by atoms with Crippen LogP contribution in [0.2, 0.25) is 0 Å². The van der Waals surface area contributed by atoms with Crippen LogP contribution in [0.25, 0.3) is 0 Å². The van der Waals surface area contributed by atoms with Crippen LogP contribution in [0.3, 0.4) is 0 Å². The number of anilines is 1. The van der Waals surface area contributed by atoms with Crippen LogP contribution in [0.5, 0.6) is 0 Å². The molecule has 178 valence electrons. The molecular formula is C28H33N3O2S. The fourth-order valence-electron chi connectivity index (χ4n) is 4.60. The largest absolute Gasteiger partial charge is 0.351 e. The highest BCUT2D eigenvalue weighted by Crippen LogP contribution is 2.31. The Morgan fingerprint density at radius 3 is 2.38 bits per heavy atom. The first-order valence-corrected chi connectivity index (χ1v) is 13.1. The van der Waals surface area contributed by atoms with Crippen LogP contribution >= 0.6 is 11.3 Å². The minimum absolute atomic E-state index is 0.0953. The molecule has 1 aliphatic rings. The van der Waals surface area contributed by atoms with Crippen LogP contribution < -0.4 is 10.2 Å². The maximum Gasteiger partial charge on any atom is 0.248 e. The molecule has 3 aromatic rings. The lowest BCUT2D eigenvalue weighted by atomic mass is 9.97. The molecular weight excluding hydrogens is 442 g/mol. The zero-order chi connectivity index (χ0) is 23.9. The minimum atomic E-state index is -0.759. The zero-order valence-corrected chi connectivity index (χ0v) is 20.8. The lowest BCUT2D eigenvalue weighted by Crippen LogP contribution is -2.46. The first-order chi connectivity index (χ1) is 16.6. The molecule has 1 fully saturated rings. The van der Waals surface area contributed by atoms with Gasteiger partial charge in [-0.25, -0.2) is 0 Å². The SMILES string of the molecule is CC[C@@H](C)c1ccc(N(C(=O)Cc2cccs2)[C@H](C(=O)NC2CCCC2)c2ccncc2)cc1. The third kappa shape index (κ3) is 5.73. The van der Waals surface area contributed by atoms with E-state index in [9.17, 15) is 9.59 Å². The molecule has 6 heteroatoms. The van der Waals surface area contributed by atoms with E-state index in [1.165, 1.54) is 5.56 Å². The van der Waals surface area contributed by atoms with Crippen molar-refractivity contribution in [2.24, 2.45) is 0 Å². The Hall–Kier alpha value is -2.99. The molecule has 1 aromatic carbocycles. The number of hydrogen-bond donors (Lipinski definition) is 1. The van der Waals surface area contributed by atoms with Gasteiger partial charge in [0.15, 0.2) is 0 Å². The van der Waals surface area contributed by atoms with Crippen LogP contribution in [-0.2, 0) is 16.0 Å². The summed E-state index contributed by atoms with van der Waals surface area (Å²) in [4.78, 5) is 34.3. The lowest BCUT2D eigenvalue weighted by Gasteiger charge is -2.32. The number of pyridine rings is 1. The number of benzene rings is 1. The molecule has 0 bridgehead atoms. The van der Waals surface area contributed by atoms with E-state index < -0.39 is 6.04 Å². The van der Waals surface area contributed by atoms with Crippen molar-refractivity contribution in [3.05, 3.63) is 82.3 Å². The number of aromatic nitrogens is 1. The van der Waals surface area contributed by atoms with Crippen molar-refractivity contribution in [3.8, 4) is 0 Å². The summed E-state index contributed by atoms with van der Waals surface area (Å²) in [6.07, 6.45) is 8.89. The van der Waals surface area contributed by atoms with Gasteiger partial charge in [0.1, 0.15) is 6.04 Å². The molecule has 1 aliphatic carbocycles. The Morgan fingerprint density at radius 2 is 1.76 bits per heavy atom. The van der Waals surface area contributed by atoms with E-state index in [0.717, 1.165) is 48.2 Å². The molecule has 5 nitrogen and oxygen atoms in total. The summed E-state index contributed by atoms with van der Waals surface area (Å²) in [6, 6.07) is 15.1. The molecule has 1 saturated carbocycles. The Bertz CT molecular complexity index is 1060. The topological polar surface area (TPSA) is 62.3 Å². The van der Waals surface area contributed by atoms with Crippen LogP contribution in [0.4, 0.5) is 5.69 Å². The van der Waals surface area contributed by atoms with Crippen LogP contribution in [0, 0.1) is 0 Å². The molecule has 0 aliphatic heterocycles. The molecule has 2 amide bonds. The van der Waals surface area contributed by atoms with Gasteiger partial charge >= 0.3 is 0 Å². The average molecular weight is 476 g/mol. The van der Waals surface area contributed by atoms with Crippen molar-refractivity contribution >= 4 is 28.8 Å². The summed E-state index contributed by atoms with van der Waals surface area (Å²) < 4.78 is 0. The highest BCUT2D eigenvalue weighted by molar-refractivity contribution is 7.10. The first kappa shape index (κ1) is 24.1. The van der Waals surface area contributed by atoms with Crippen molar-refractivity contribution in [1.82, 2.24) is 10.3 Å². The summed E-state index contributed by atoms with van der Waals surface area (Å²) in [5.74, 6) is 0.205. The van der Waals surface area contributed by atoms with Gasteiger partial charge in [-0.3, -0.25) is 19.5 Å². The summed E-state index contributed by atoms with van der Waals surface area (Å²) in [5, 5.41) is 5.20. The predicted octanol–water partition coefficient (Wildman–Crippen LogP) is 6.03. The van der Waals surface area contributed by atoms with Gasteiger partial charge in [0, 0.05) is 29.0 Å². The van der Waals surface area contributed by atoms with Gasteiger partial charge in [0.2, 0.25) is 11.8 Å². The fraction of sp³-hybridized carbons (Fsp3) is 0.393. The maximum atomic E-state index is 13.8. The third-order valence-electron chi connectivity index (χ3n) is 6.76. The van der Waals surface area contributed by atoms with Gasteiger partial charge in [0.05, 0.1) is 6.42 Å². The van der Waals surface area contributed by atoms with E-state index in [4.69, 9.17) is 0 Å². The Kier molecular flexibility index (Phi) is 8.12. The number of hydrogen-bond acceptors (Lipinski definition) is 4. The van der Waals surface area contributed by atoms with Crippen molar-refractivity contribution < 1.29 is 9.59 Å². The van der Waals surface area contributed by atoms with Gasteiger partial charge in [0.25, 0.3) is 0 Å². The van der Waals surface area contributed by atoms with Gasteiger partial charge in [-0.2, -0.15) is 0 Å². The molecule has 2 aromatic heterocycles. The second-order valence-electron chi connectivity index (χ2n) is 9.09. The van der Waals surface area contributed by atoms with Gasteiger partial charge < -0.3 is 5.32 Å². The first-order valence-electron chi connectivity index (χ1n) is 12.2. The number of nitrogens with one attached hydrogen (secondary N) is 1. The average Bonchev–Trinajstić information content (AvgIpc) is 3.57. The van der Waals surface area contributed by atoms with E-state index in [2.05, 4.69) is 36.3 Å². The highest BCUT2D eigenvalue weighted by Gasteiger charge is 2.34. The summed E-state index contributed by atoms with van der Waals surface area (Å²) in [6.45, 7) is 4.37. The Labute approximate surface area is 206 Å². The number of carbonyl (C=O) groups excluding carboxylic acids is 2. The number of amides is 2. The van der Waals surface area contributed by atoms with E-state index >= 15 is 0 Å². The second kappa shape index (κ2) is 11.4. The van der Waals surface area contributed by atoms with Crippen LogP contribution in [0.15, 0.2) is 66.3 Å². The van der Waals surface area contributed by atoms with Crippen LogP contribution in [0.1, 0.15) is 73.9 Å². The van der Waals surface area contributed by atoms with Crippen molar-refractivity contribution in [3.63, 3.8) is 0 Å². The van der Waals surface area contributed by atoms with Crippen molar-refractivity contribution in [2.75, 3.05) is 4.90 Å². The zero-order valence-electron chi connectivity index (χ0n) is 19.9. The fourth-order valence-corrected chi connectivity index (χ4v) is 5.29. The molecule has 0 unspecified atom stereocenters. The summed E-state index contributed by atoms with van der Waals surface area (Å²) in [7, 11) is 0. The maximum absolute atomic E-state index is 13.8. The number of rotatable bonds is 9. The van der Waals surface area contributed by atoms with Gasteiger partial charge in [-0.05, 0) is 72.0 Å². The second-order valence-corrected chi connectivity index (χ2v) is 10.1. The monoisotopic (exact) mass is 475 g/mol. The molecule has 34 heavy (non-hydrogen) atoms. The number of nitrogens with zero attached hydrogens (tertiary/aromatic N) is 2. The molecule has 4 rings (SSSR count). The van der Waals surface area contributed by atoms with Crippen LogP contribution in [-0.4, -0.2) is 22.8 Å². The van der Waals surface area contributed by atoms with E-state index in [1.54, 1.807) is 28.6 Å². The lowest BCUT2D eigenvalue weighted by molar-refractivity contribution is -0.127. The molecule has 2 atom stereocenters. The normalized spacial score (nSPS) is 15.6. The molecule has 0 spiro atoms. The molecule has 2 heterocycles. The minimum Gasteiger partial charge on any atom is -0.351 e.